The molecule has 1 unspecified atom stereocenters. The molecule has 31 heavy (non-hydrogen) atoms. The van der Waals surface area contributed by atoms with Crippen molar-refractivity contribution in [3.63, 3.8) is 0 Å². The average Bonchev–Trinajstić information content (AvgIpc) is 3.40. The Bertz CT molecular complexity index is 1210. The highest BCUT2D eigenvalue weighted by atomic mass is 16.3. The fraction of sp³-hybridized carbons (Fsp3) is 0.333. The number of nitrogens with one attached hydrogen (secondary N) is 1. The van der Waals surface area contributed by atoms with Crippen molar-refractivity contribution >= 4 is 16.9 Å². The first-order valence-electron chi connectivity index (χ1n) is 10.7. The summed E-state index contributed by atoms with van der Waals surface area (Å²) in [7, 11) is 0. The van der Waals surface area contributed by atoms with Crippen molar-refractivity contribution in [2.24, 2.45) is 0 Å². The zero-order valence-electron chi connectivity index (χ0n) is 17.7. The van der Waals surface area contributed by atoms with Gasteiger partial charge >= 0.3 is 0 Å². The molecule has 1 aliphatic rings. The molecule has 5 rings (SSSR count). The Morgan fingerprint density at radius 2 is 2.16 bits per heavy atom. The van der Waals surface area contributed by atoms with Crippen LogP contribution in [0.3, 0.4) is 0 Å². The lowest BCUT2D eigenvalue weighted by Gasteiger charge is -2.14. The number of rotatable bonds is 7. The number of carbonyl (C=O) groups is 1. The molecule has 0 radical (unpaired) electrons. The van der Waals surface area contributed by atoms with Gasteiger partial charge in [-0.3, -0.25) is 4.79 Å². The predicted octanol–water partition coefficient (Wildman–Crippen LogP) is 4.35. The van der Waals surface area contributed by atoms with Crippen molar-refractivity contribution in [2.75, 3.05) is 0 Å². The van der Waals surface area contributed by atoms with E-state index in [2.05, 4.69) is 15.4 Å². The van der Waals surface area contributed by atoms with E-state index in [9.17, 15) is 4.79 Å². The van der Waals surface area contributed by atoms with Gasteiger partial charge in [0.25, 0.3) is 5.91 Å². The number of nitrogens with zero attached hydrogens (tertiary/aromatic N) is 4. The molecule has 4 aromatic heterocycles. The second-order valence-corrected chi connectivity index (χ2v) is 8.25. The highest BCUT2D eigenvalue weighted by Gasteiger charge is 2.29. The van der Waals surface area contributed by atoms with Gasteiger partial charge in [-0.1, -0.05) is 6.07 Å². The van der Waals surface area contributed by atoms with Crippen molar-refractivity contribution in [1.29, 1.82) is 0 Å². The fourth-order valence-electron chi connectivity index (χ4n) is 3.90. The summed E-state index contributed by atoms with van der Waals surface area (Å²) in [5.74, 6) is 1.94. The number of hydrogen-bond acceptors (Lipinski definition) is 5. The van der Waals surface area contributed by atoms with Crippen molar-refractivity contribution in [2.45, 2.75) is 51.5 Å². The summed E-state index contributed by atoms with van der Waals surface area (Å²) in [6, 6.07) is 11.5. The highest BCUT2D eigenvalue weighted by molar-refractivity contribution is 6.07. The molecule has 4 aromatic rings. The Kier molecular flexibility index (Phi) is 5.02. The molecule has 0 spiro atoms. The molecule has 1 atom stereocenters. The van der Waals surface area contributed by atoms with Gasteiger partial charge in [0, 0.05) is 30.3 Å². The van der Waals surface area contributed by atoms with Crippen molar-refractivity contribution in [3.8, 4) is 5.82 Å². The van der Waals surface area contributed by atoms with Gasteiger partial charge in [0.1, 0.15) is 5.76 Å². The number of carbonyl (C=O) groups excluding carboxylic acids is 1. The summed E-state index contributed by atoms with van der Waals surface area (Å²) < 4.78 is 7.15. The van der Waals surface area contributed by atoms with E-state index >= 15 is 0 Å². The first kappa shape index (κ1) is 19.5. The van der Waals surface area contributed by atoms with Gasteiger partial charge in [-0.2, -0.15) is 9.78 Å². The van der Waals surface area contributed by atoms with Crippen LogP contribution < -0.4 is 5.32 Å². The van der Waals surface area contributed by atoms with Crippen molar-refractivity contribution in [3.05, 3.63) is 71.6 Å². The van der Waals surface area contributed by atoms with E-state index in [0.29, 0.717) is 22.9 Å². The topological polar surface area (TPSA) is 85.8 Å². The minimum absolute atomic E-state index is 0.0105. The Morgan fingerprint density at radius 3 is 2.87 bits per heavy atom. The highest BCUT2D eigenvalue weighted by Crippen LogP contribution is 2.40. The molecule has 1 fully saturated rings. The number of furan rings is 1. The minimum Gasteiger partial charge on any atom is -0.469 e. The lowest BCUT2D eigenvalue weighted by atomic mass is 10.1. The maximum atomic E-state index is 13.3. The van der Waals surface area contributed by atoms with Crippen molar-refractivity contribution in [1.82, 2.24) is 25.1 Å². The first-order chi connectivity index (χ1) is 15.1. The summed E-state index contributed by atoms with van der Waals surface area (Å²) in [6.07, 6.45) is 7.20. The molecule has 0 aromatic carbocycles. The van der Waals surface area contributed by atoms with E-state index in [4.69, 9.17) is 9.40 Å². The number of fused-ring (bicyclic) bond motifs is 1. The van der Waals surface area contributed by atoms with E-state index in [0.717, 1.165) is 48.2 Å². The van der Waals surface area contributed by atoms with Crippen LogP contribution in [0.15, 0.2) is 53.3 Å². The van der Waals surface area contributed by atoms with E-state index < -0.39 is 0 Å². The maximum Gasteiger partial charge on any atom is 0.252 e. The summed E-state index contributed by atoms with van der Waals surface area (Å²) in [6.45, 7) is 3.93. The Labute approximate surface area is 180 Å². The van der Waals surface area contributed by atoms with Crippen LogP contribution in [0.4, 0.5) is 0 Å². The second kappa shape index (κ2) is 7.98. The smallest absolute Gasteiger partial charge is 0.252 e. The van der Waals surface area contributed by atoms with Gasteiger partial charge in [-0.15, -0.1) is 0 Å². The normalized spacial score (nSPS) is 14.6. The fourth-order valence-corrected chi connectivity index (χ4v) is 3.90. The number of aryl methyl sites for hydroxylation is 2. The number of pyridine rings is 2. The zero-order valence-corrected chi connectivity index (χ0v) is 17.7. The molecule has 4 heterocycles. The zero-order chi connectivity index (χ0) is 21.4. The summed E-state index contributed by atoms with van der Waals surface area (Å²) in [5, 5.41) is 8.61. The van der Waals surface area contributed by atoms with Crippen LogP contribution in [0.5, 0.6) is 0 Å². The third-order valence-corrected chi connectivity index (χ3v) is 5.72. The lowest BCUT2D eigenvalue weighted by molar-refractivity contribution is 0.0939. The van der Waals surface area contributed by atoms with Crippen LogP contribution >= 0.6 is 0 Å². The van der Waals surface area contributed by atoms with Gasteiger partial charge in [-0.05, 0) is 63.4 Å². The number of amides is 1. The lowest BCUT2D eigenvalue weighted by Crippen LogP contribution is -2.33. The Morgan fingerprint density at radius 1 is 1.29 bits per heavy atom. The summed E-state index contributed by atoms with van der Waals surface area (Å²) >= 11 is 0. The van der Waals surface area contributed by atoms with E-state index in [1.54, 1.807) is 17.1 Å². The Hall–Kier alpha value is -3.48. The van der Waals surface area contributed by atoms with Crippen LogP contribution in [0.25, 0.3) is 16.9 Å². The quantitative estimate of drug-likeness (QED) is 0.485. The number of hydrogen-bond donors (Lipinski definition) is 1. The summed E-state index contributed by atoms with van der Waals surface area (Å²) in [5.41, 5.74) is 3.05. The molecule has 7 nitrogen and oxygen atoms in total. The molecule has 0 bridgehead atoms. The van der Waals surface area contributed by atoms with Gasteiger partial charge in [0.15, 0.2) is 11.5 Å². The molecule has 1 N–H and O–H groups in total. The van der Waals surface area contributed by atoms with Crippen LogP contribution in [-0.2, 0) is 6.42 Å². The van der Waals surface area contributed by atoms with E-state index in [1.807, 2.05) is 50.2 Å². The molecule has 0 aliphatic heterocycles. The van der Waals surface area contributed by atoms with E-state index in [1.165, 1.54) is 0 Å². The minimum atomic E-state index is -0.0927. The monoisotopic (exact) mass is 415 g/mol. The molecular weight excluding hydrogens is 390 g/mol. The molecule has 1 saturated carbocycles. The third kappa shape index (κ3) is 3.95. The second-order valence-electron chi connectivity index (χ2n) is 8.25. The predicted molar refractivity (Wildman–Crippen MR) is 117 cm³/mol. The maximum absolute atomic E-state index is 13.3. The van der Waals surface area contributed by atoms with Gasteiger partial charge in [0.05, 0.1) is 22.9 Å². The Balaban J connectivity index is 1.48. The number of aromatic nitrogens is 4. The first-order valence-corrected chi connectivity index (χ1v) is 10.7. The van der Waals surface area contributed by atoms with Gasteiger partial charge in [-0.25, -0.2) is 9.97 Å². The van der Waals surface area contributed by atoms with Crippen LogP contribution in [-0.4, -0.2) is 31.7 Å². The molecule has 0 saturated heterocycles. The standard InChI is InChI=1S/C24H25N5O2/c1-15(8-11-18-6-5-13-31-18)26-24(30)19-14-20(17-9-10-17)27-23-22(19)16(2)28-29(23)21-7-3-4-12-25-21/h3-7,12-15,17H,8-11H2,1-2H3,(H,26,30). The van der Waals surface area contributed by atoms with Crippen LogP contribution in [0.2, 0.25) is 0 Å². The molecular formula is C24H25N5O2. The molecule has 1 aliphatic carbocycles. The third-order valence-electron chi connectivity index (χ3n) is 5.72. The average molecular weight is 415 g/mol. The van der Waals surface area contributed by atoms with Crippen molar-refractivity contribution < 1.29 is 9.21 Å². The van der Waals surface area contributed by atoms with Crippen LogP contribution in [0.1, 0.15) is 59.6 Å². The summed E-state index contributed by atoms with van der Waals surface area (Å²) in [4.78, 5) is 22.6. The molecule has 7 heteroatoms. The van der Waals surface area contributed by atoms with E-state index in [-0.39, 0.29) is 11.9 Å². The molecule has 1 amide bonds. The van der Waals surface area contributed by atoms with Gasteiger partial charge < -0.3 is 9.73 Å². The largest absolute Gasteiger partial charge is 0.469 e. The SMILES string of the molecule is Cc1nn(-c2ccccn2)c2nc(C3CC3)cc(C(=O)NC(C)CCc3ccco3)c12. The molecule has 158 valence electrons. The van der Waals surface area contributed by atoms with Crippen LogP contribution in [0, 0.1) is 6.92 Å². The van der Waals surface area contributed by atoms with Gasteiger partial charge in [0.2, 0.25) is 0 Å².